The second kappa shape index (κ2) is 7.15. The van der Waals surface area contributed by atoms with Gasteiger partial charge in [0, 0.05) is 23.3 Å². The summed E-state index contributed by atoms with van der Waals surface area (Å²) in [6, 6.07) is 3.20. The van der Waals surface area contributed by atoms with Crippen LogP contribution in [0.25, 0.3) is 0 Å². The molecule has 2 N–H and O–H groups in total. The third-order valence-corrected chi connectivity index (χ3v) is 6.93. The average Bonchev–Trinajstić information content (AvgIpc) is 3.23. The topological polar surface area (TPSA) is 101 Å². The van der Waals surface area contributed by atoms with Crippen molar-refractivity contribution < 1.29 is 17.9 Å². The lowest BCUT2D eigenvalue weighted by molar-refractivity contribution is 0.0941. The second-order valence-electron chi connectivity index (χ2n) is 5.04. The van der Waals surface area contributed by atoms with Crippen LogP contribution in [0.3, 0.4) is 0 Å². The minimum Gasteiger partial charge on any atom is -0.378 e. The molecule has 1 aliphatic heterocycles. The van der Waals surface area contributed by atoms with Crippen LogP contribution >= 0.6 is 22.7 Å². The standard InChI is InChI=1S/C13H16N4O4S3/c1-9-2-3-11(23-9)24(19,20)16-15-12(18)10-8-22-13(14-10)17-4-6-21-7-5-17/h2-3,8,16H,4-7H2,1H3,(H,15,18). The van der Waals surface area contributed by atoms with Crippen molar-refractivity contribution >= 4 is 43.7 Å². The van der Waals surface area contributed by atoms with E-state index in [0.29, 0.717) is 13.2 Å². The van der Waals surface area contributed by atoms with Gasteiger partial charge in [-0.1, -0.05) is 0 Å². The number of ether oxygens (including phenoxy) is 1. The molecule has 0 radical (unpaired) electrons. The second-order valence-corrected chi connectivity index (χ2v) is 9.07. The maximum Gasteiger partial charge on any atom is 0.285 e. The third-order valence-electron chi connectivity index (χ3n) is 3.29. The number of carbonyl (C=O) groups excluding carboxylic acids is 1. The molecular weight excluding hydrogens is 372 g/mol. The van der Waals surface area contributed by atoms with Crippen molar-refractivity contribution in [2.45, 2.75) is 11.1 Å². The molecule has 0 aliphatic carbocycles. The number of nitrogens with zero attached hydrogens (tertiary/aromatic N) is 2. The van der Waals surface area contributed by atoms with E-state index < -0.39 is 15.9 Å². The van der Waals surface area contributed by atoms with Gasteiger partial charge in [-0.05, 0) is 19.1 Å². The van der Waals surface area contributed by atoms with Crippen LogP contribution in [-0.4, -0.2) is 45.6 Å². The van der Waals surface area contributed by atoms with Crippen LogP contribution in [0, 0.1) is 6.92 Å². The van der Waals surface area contributed by atoms with Crippen LogP contribution in [0.1, 0.15) is 15.4 Å². The summed E-state index contributed by atoms with van der Waals surface area (Å²) in [5, 5.41) is 2.32. The molecule has 24 heavy (non-hydrogen) atoms. The van der Waals surface area contributed by atoms with E-state index in [9.17, 15) is 13.2 Å². The predicted octanol–water partition coefficient (Wildman–Crippen LogP) is 0.973. The number of hydrazine groups is 1. The van der Waals surface area contributed by atoms with Gasteiger partial charge in [0.05, 0.1) is 13.2 Å². The molecule has 1 aliphatic rings. The number of morpholine rings is 1. The lowest BCUT2D eigenvalue weighted by atomic mass is 10.4. The van der Waals surface area contributed by atoms with Crippen LogP contribution in [0.2, 0.25) is 0 Å². The van der Waals surface area contributed by atoms with Gasteiger partial charge in [-0.3, -0.25) is 10.2 Å². The molecule has 2 aromatic heterocycles. The Balaban J connectivity index is 1.62. The summed E-state index contributed by atoms with van der Waals surface area (Å²) in [6.07, 6.45) is 0. The third kappa shape index (κ3) is 3.92. The first-order valence-electron chi connectivity index (χ1n) is 7.12. The SMILES string of the molecule is Cc1ccc(S(=O)(=O)NNC(=O)c2csc(N3CCOCC3)n2)s1. The fraction of sp³-hybridized carbons (Fsp3) is 0.385. The zero-order chi connectivity index (χ0) is 17.2. The highest BCUT2D eigenvalue weighted by Crippen LogP contribution is 2.22. The van der Waals surface area contributed by atoms with Gasteiger partial charge in [-0.25, -0.2) is 13.4 Å². The van der Waals surface area contributed by atoms with E-state index in [2.05, 4.69) is 15.2 Å². The zero-order valence-corrected chi connectivity index (χ0v) is 15.3. The van der Waals surface area contributed by atoms with Crippen molar-refractivity contribution in [1.29, 1.82) is 0 Å². The fourth-order valence-corrected chi connectivity index (χ4v) is 5.03. The lowest BCUT2D eigenvalue weighted by Gasteiger charge is -2.25. The Bertz CT molecular complexity index is 824. The Kier molecular flexibility index (Phi) is 5.15. The fourth-order valence-electron chi connectivity index (χ4n) is 2.05. The number of thiazole rings is 1. The number of nitrogens with one attached hydrogen (secondary N) is 2. The zero-order valence-electron chi connectivity index (χ0n) is 12.8. The van der Waals surface area contributed by atoms with Crippen molar-refractivity contribution in [2.75, 3.05) is 31.2 Å². The lowest BCUT2D eigenvalue weighted by Crippen LogP contribution is -2.41. The quantitative estimate of drug-likeness (QED) is 0.741. The molecule has 0 aromatic carbocycles. The van der Waals surface area contributed by atoms with Gasteiger partial charge < -0.3 is 9.64 Å². The van der Waals surface area contributed by atoms with Crippen molar-refractivity contribution in [3.05, 3.63) is 28.1 Å². The summed E-state index contributed by atoms with van der Waals surface area (Å²) in [6.45, 7) is 4.50. The molecule has 11 heteroatoms. The van der Waals surface area contributed by atoms with Crippen molar-refractivity contribution in [3.8, 4) is 0 Å². The summed E-state index contributed by atoms with van der Waals surface area (Å²) in [5.41, 5.74) is 2.37. The van der Waals surface area contributed by atoms with Crippen LogP contribution in [-0.2, 0) is 14.8 Å². The van der Waals surface area contributed by atoms with E-state index in [-0.39, 0.29) is 9.90 Å². The van der Waals surface area contributed by atoms with Gasteiger partial charge in [0.2, 0.25) is 0 Å². The maximum absolute atomic E-state index is 12.1. The Morgan fingerprint density at radius 3 is 2.75 bits per heavy atom. The van der Waals surface area contributed by atoms with Gasteiger partial charge in [0.1, 0.15) is 9.90 Å². The highest BCUT2D eigenvalue weighted by atomic mass is 32.2. The Hall–Kier alpha value is -1.53. The van der Waals surface area contributed by atoms with E-state index >= 15 is 0 Å². The molecule has 3 heterocycles. The molecule has 0 saturated carbocycles. The van der Waals surface area contributed by atoms with Gasteiger partial charge >= 0.3 is 0 Å². The minimum atomic E-state index is -3.77. The Labute approximate surface area is 147 Å². The summed E-state index contributed by atoms with van der Waals surface area (Å²) >= 11 is 2.47. The number of carbonyl (C=O) groups is 1. The molecule has 2 aromatic rings. The molecule has 3 rings (SSSR count). The number of aryl methyl sites for hydroxylation is 1. The van der Waals surface area contributed by atoms with Crippen LogP contribution < -0.4 is 15.2 Å². The Morgan fingerprint density at radius 2 is 2.08 bits per heavy atom. The Morgan fingerprint density at radius 1 is 1.33 bits per heavy atom. The number of thiophene rings is 1. The van der Waals surface area contributed by atoms with E-state index in [1.165, 1.54) is 17.4 Å². The van der Waals surface area contributed by atoms with Gasteiger partial charge in [0.25, 0.3) is 15.9 Å². The van der Waals surface area contributed by atoms with Gasteiger partial charge in [0.15, 0.2) is 5.13 Å². The van der Waals surface area contributed by atoms with E-state index in [4.69, 9.17) is 4.74 Å². The maximum atomic E-state index is 12.1. The molecule has 130 valence electrons. The molecule has 0 unspecified atom stereocenters. The molecule has 1 amide bonds. The van der Waals surface area contributed by atoms with Crippen LogP contribution in [0.15, 0.2) is 21.7 Å². The average molecular weight is 388 g/mol. The van der Waals surface area contributed by atoms with E-state index in [1.807, 2.05) is 11.8 Å². The molecule has 0 bridgehead atoms. The van der Waals surface area contributed by atoms with Crippen LogP contribution in [0.4, 0.5) is 5.13 Å². The number of rotatable bonds is 5. The molecule has 1 saturated heterocycles. The normalized spacial score (nSPS) is 15.5. The molecule has 1 fully saturated rings. The van der Waals surface area contributed by atoms with Gasteiger partial charge in [-0.2, -0.15) is 0 Å². The van der Waals surface area contributed by atoms with Crippen molar-refractivity contribution in [2.24, 2.45) is 0 Å². The highest BCUT2D eigenvalue weighted by Gasteiger charge is 2.20. The number of anilines is 1. The highest BCUT2D eigenvalue weighted by molar-refractivity contribution is 7.91. The first-order valence-corrected chi connectivity index (χ1v) is 10.3. The first-order chi connectivity index (χ1) is 11.5. The van der Waals surface area contributed by atoms with Crippen LogP contribution in [0.5, 0.6) is 0 Å². The number of amides is 1. The molecular formula is C13H16N4O4S3. The molecule has 0 spiro atoms. The number of hydrogen-bond donors (Lipinski definition) is 2. The molecule has 0 atom stereocenters. The van der Waals surface area contributed by atoms with Crippen molar-refractivity contribution in [3.63, 3.8) is 0 Å². The smallest absolute Gasteiger partial charge is 0.285 e. The van der Waals surface area contributed by atoms with Gasteiger partial charge in [-0.15, -0.1) is 27.5 Å². The number of aromatic nitrogens is 1. The largest absolute Gasteiger partial charge is 0.378 e. The van der Waals surface area contributed by atoms with E-state index in [0.717, 1.165) is 34.4 Å². The van der Waals surface area contributed by atoms with E-state index in [1.54, 1.807) is 11.4 Å². The minimum absolute atomic E-state index is 0.146. The number of hydrogen-bond acceptors (Lipinski definition) is 8. The number of sulfonamides is 1. The summed E-state index contributed by atoms with van der Waals surface area (Å²) in [4.78, 5) is 21.3. The molecule has 8 nitrogen and oxygen atoms in total. The summed E-state index contributed by atoms with van der Waals surface area (Å²) in [7, 11) is -3.77. The first kappa shape index (κ1) is 17.3. The predicted molar refractivity (Wildman–Crippen MR) is 92.0 cm³/mol. The van der Waals surface area contributed by atoms with Crippen molar-refractivity contribution in [1.82, 2.24) is 15.2 Å². The summed E-state index contributed by atoms with van der Waals surface area (Å²) < 4.78 is 29.6. The monoisotopic (exact) mass is 388 g/mol. The summed E-state index contributed by atoms with van der Waals surface area (Å²) in [5.74, 6) is -0.595.